The average Bonchev–Trinajstić information content (AvgIpc) is 3.23. The number of aromatic nitrogens is 3. The van der Waals surface area contributed by atoms with E-state index in [1.54, 1.807) is 0 Å². The number of hydrogen-bond acceptors (Lipinski definition) is 4. The lowest BCUT2D eigenvalue weighted by Crippen LogP contribution is -2.24. The second kappa shape index (κ2) is 6.51. The lowest BCUT2D eigenvalue weighted by atomic mass is 9.87. The summed E-state index contributed by atoms with van der Waals surface area (Å²) in [4.78, 5) is 20.7. The highest BCUT2D eigenvalue weighted by molar-refractivity contribution is 6.06. The maximum Gasteiger partial charge on any atom is 0.253 e. The van der Waals surface area contributed by atoms with Crippen LogP contribution >= 0.6 is 0 Å². The smallest absolute Gasteiger partial charge is 0.253 e. The van der Waals surface area contributed by atoms with Crippen LogP contribution in [0.2, 0.25) is 0 Å². The van der Waals surface area contributed by atoms with Gasteiger partial charge in [-0.1, -0.05) is 45.0 Å². The van der Waals surface area contributed by atoms with Gasteiger partial charge >= 0.3 is 0 Å². The maximum absolute atomic E-state index is 12.8. The van der Waals surface area contributed by atoms with Crippen molar-refractivity contribution in [3.05, 3.63) is 46.7 Å². The minimum atomic E-state index is -0.207. The molecule has 4 rings (SSSR count). The molecule has 0 radical (unpaired) electrons. The number of hydrogen-bond donors (Lipinski definition) is 2. The van der Waals surface area contributed by atoms with Gasteiger partial charge in [-0.3, -0.25) is 4.79 Å². The fraction of sp³-hybridized carbons (Fsp3) is 0.476. The molecule has 0 bridgehead atoms. The van der Waals surface area contributed by atoms with Crippen LogP contribution in [0.1, 0.15) is 67.4 Å². The van der Waals surface area contributed by atoms with Crippen LogP contribution in [0.5, 0.6) is 0 Å². The molecule has 6 nitrogen and oxygen atoms in total. The third kappa shape index (κ3) is 3.36. The summed E-state index contributed by atoms with van der Waals surface area (Å²) < 4.78 is 5.28. The van der Waals surface area contributed by atoms with Crippen molar-refractivity contribution in [3.8, 4) is 0 Å². The molecule has 2 heterocycles. The van der Waals surface area contributed by atoms with Crippen LogP contribution in [-0.2, 0) is 24.8 Å². The highest BCUT2D eigenvalue weighted by atomic mass is 16.5. The number of amides is 1. The van der Waals surface area contributed by atoms with Gasteiger partial charge in [-0.25, -0.2) is 0 Å². The number of H-pyrrole nitrogens is 1. The Morgan fingerprint density at radius 3 is 2.93 bits per heavy atom. The molecule has 0 fully saturated rings. The molecule has 1 aromatic carbocycles. The molecule has 2 aromatic heterocycles. The van der Waals surface area contributed by atoms with Crippen LogP contribution < -0.4 is 5.32 Å². The lowest BCUT2D eigenvalue weighted by molar-refractivity contribution is 0.0951. The highest BCUT2D eigenvalue weighted by Gasteiger charge is 2.24. The van der Waals surface area contributed by atoms with E-state index in [0.29, 0.717) is 23.2 Å². The first-order chi connectivity index (χ1) is 12.8. The first-order valence-electron chi connectivity index (χ1n) is 9.56. The number of fused-ring (bicyclic) bond motifs is 3. The largest absolute Gasteiger partial charge is 0.358 e. The predicted molar refractivity (Wildman–Crippen MR) is 104 cm³/mol. The Kier molecular flexibility index (Phi) is 4.29. The van der Waals surface area contributed by atoms with Crippen LogP contribution in [0.3, 0.4) is 0 Å². The van der Waals surface area contributed by atoms with Crippen molar-refractivity contribution in [1.29, 1.82) is 0 Å². The Morgan fingerprint density at radius 2 is 2.19 bits per heavy atom. The van der Waals surface area contributed by atoms with Crippen molar-refractivity contribution < 1.29 is 9.32 Å². The van der Waals surface area contributed by atoms with Crippen molar-refractivity contribution in [2.45, 2.75) is 58.9 Å². The monoisotopic (exact) mass is 366 g/mol. The Bertz CT molecular complexity index is 993. The first kappa shape index (κ1) is 17.8. The molecule has 1 atom stereocenters. The molecule has 2 N–H and O–H groups in total. The fourth-order valence-electron chi connectivity index (χ4n) is 3.69. The summed E-state index contributed by atoms with van der Waals surface area (Å²) in [5.41, 5.74) is 4.02. The zero-order chi connectivity index (χ0) is 19.2. The van der Waals surface area contributed by atoms with Gasteiger partial charge < -0.3 is 14.8 Å². The number of carbonyl (C=O) groups is 1. The number of rotatable bonds is 3. The van der Waals surface area contributed by atoms with Crippen molar-refractivity contribution in [3.63, 3.8) is 0 Å². The minimum absolute atomic E-state index is 0.130. The number of benzene rings is 1. The average molecular weight is 366 g/mol. The van der Waals surface area contributed by atoms with E-state index in [9.17, 15) is 4.79 Å². The van der Waals surface area contributed by atoms with Crippen LogP contribution in [0.15, 0.2) is 22.7 Å². The van der Waals surface area contributed by atoms with Gasteiger partial charge in [0.1, 0.15) is 0 Å². The van der Waals surface area contributed by atoms with E-state index in [0.717, 1.165) is 18.4 Å². The predicted octanol–water partition coefficient (Wildman–Crippen LogP) is 3.90. The summed E-state index contributed by atoms with van der Waals surface area (Å²) in [5, 5.41) is 8.05. The molecular weight excluding hydrogens is 340 g/mol. The zero-order valence-electron chi connectivity index (χ0n) is 16.3. The van der Waals surface area contributed by atoms with Crippen LogP contribution in [-0.4, -0.2) is 21.0 Å². The molecule has 1 aliphatic carbocycles. The number of carbonyl (C=O) groups excluding carboxylic acids is 1. The molecule has 1 amide bonds. The van der Waals surface area contributed by atoms with Crippen molar-refractivity contribution in [2.75, 3.05) is 0 Å². The standard InChI is InChI=1S/C21H26N4O2/c1-12-8-9-16-15(10-12)13-6-5-7-14(18(13)23-16)19(26)22-11-17-24-20(27-25-17)21(2,3)4/h5-7,12,23H,8-11H2,1-4H3,(H,22,26). The summed E-state index contributed by atoms with van der Waals surface area (Å²) in [7, 11) is 0. The Balaban J connectivity index is 1.55. The van der Waals surface area contributed by atoms with Gasteiger partial charge in [0.15, 0.2) is 5.82 Å². The Morgan fingerprint density at radius 1 is 1.37 bits per heavy atom. The maximum atomic E-state index is 12.8. The molecule has 3 aromatic rings. The van der Waals surface area contributed by atoms with Crippen LogP contribution in [0.4, 0.5) is 0 Å². The zero-order valence-corrected chi connectivity index (χ0v) is 16.3. The van der Waals surface area contributed by atoms with Gasteiger partial charge in [0.05, 0.1) is 17.6 Å². The molecular formula is C21H26N4O2. The van der Waals surface area contributed by atoms with E-state index in [4.69, 9.17) is 4.52 Å². The Hall–Kier alpha value is -2.63. The summed E-state index contributed by atoms with van der Waals surface area (Å²) >= 11 is 0. The second-order valence-corrected chi connectivity index (χ2v) is 8.61. The molecule has 1 unspecified atom stereocenters. The quantitative estimate of drug-likeness (QED) is 0.736. The Labute approximate surface area is 158 Å². The van der Waals surface area contributed by atoms with Gasteiger partial charge in [0, 0.05) is 16.5 Å². The van der Waals surface area contributed by atoms with E-state index in [-0.39, 0.29) is 17.9 Å². The van der Waals surface area contributed by atoms with Crippen molar-refractivity contribution in [2.24, 2.45) is 5.92 Å². The van der Waals surface area contributed by atoms with Crippen LogP contribution in [0.25, 0.3) is 10.9 Å². The fourth-order valence-corrected chi connectivity index (χ4v) is 3.69. The SMILES string of the molecule is CC1CCc2[nH]c3c(C(=O)NCc4noc(C(C)(C)C)n4)cccc3c2C1. The summed E-state index contributed by atoms with van der Waals surface area (Å²) in [6, 6.07) is 5.92. The van der Waals surface area contributed by atoms with E-state index >= 15 is 0 Å². The summed E-state index contributed by atoms with van der Waals surface area (Å²) in [6.45, 7) is 8.56. The highest BCUT2D eigenvalue weighted by Crippen LogP contribution is 2.33. The molecule has 142 valence electrons. The molecule has 27 heavy (non-hydrogen) atoms. The topological polar surface area (TPSA) is 83.8 Å². The van der Waals surface area contributed by atoms with Gasteiger partial charge in [0.2, 0.25) is 5.89 Å². The number of nitrogens with one attached hydrogen (secondary N) is 2. The van der Waals surface area contributed by atoms with E-state index in [2.05, 4.69) is 33.4 Å². The summed E-state index contributed by atoms with van der Waals surface area (Å²) in [6.07, 6.45) is 3.30. The van der Waals surface area contributed by atoms with Gasteiger partial charge in [-0.2, -0.15) is 4.98 Å². The number of aromatic amines is 1. The molecule has 0 saturated carbocycles. The number of aryl methyl sites for hydroxylation is 1. The van der Waals surface area contributed by atoms with Crippen LogP contribution in [0, 0.1) is 5.92 Å². The minimum Gasteiger partial charge on any atom is -0.358 e. The summed E-state index contributed by atoms with van der Waals surface area (Å²) in [5.74, 6) is 1.61. The second-order valence-electron chi connectivity index (χ2n) is 8.61. The van der Waals surface area contributed by atoms with Crippen molar-refractivity contribution in [1.82, 2.24) is 20.4 Å². The third-order valence-corrected chi connectivity index (χ3v) is 5.23. The van der Waals surface area contributed by atoms with E-state index in [1.165, 1.54) is 23.1 Å². The molecule has 1 aliphatic rings. The molecule has 6 heteroatoms. The number of para-hydroxylation sites is 1. The first-order valence-corrected chi connectivity index (χ1v) is 9.56. The lowest BCUT2D eigenvalue weighted by Gasteiger charge is -2.17. The number of nitrogens with zero attached hydrogens (tertiary/aromatic N) is 2. The third-order valence-electron chi connectivity index (χ3n) is 5.23. The van der Waals surface area contributed by atoms with Gasteiger partial charge in [-0.05, 0) is 36.8 Å². The van der Waals surface area contributed by atoms with E-state index in [1.807, 2.05) is 32.9 Å². The van der Waals surface area contributed by atoms with Crippen molar-refractivity contribution >= 4 is 16.8 Å². The van der Waals surface area contributed by atoms with E-state index < -0.39 is 0 Å². The van der Waals surface area contributed by atoms with Gasteiger partial charge in [-0.15, -0.1) is 0 Å². The van der Waals surface area contributed by atoms with Gasteiger partial charge in [0.25, 0.3) is 5.91 Å². The molecule has 0 aliphatic heterocycles. The molecule has 0 spiro atoms. The molecule has 0 saturated heterocycles. The normalized spacial score (nSPS) is 17.1.